The molecule has 2 aromatic carbocycles. The summed E-state index contributed by atoms with van der Waals surface area (Å²) < 4.78 is 0. The van der Waals surface area contributed by atoms with Crippen LogP contribution >= 0.6 is 0 Å². The van der Waals surface area contributed by atoms with Crippen molar-refractivity contribution in [2.45, 2.75) is 26.3 Å². The Hall–Kier alpha value is -2.62. The second-order valence-corrected chi connectivity index (χ2v) is 7.26. The first-order valence-electron chi connectivity index (χ1n) is 8.44. The lowest BCUT2D eigenvalue weighted by Crippen LogP contribution is -2.45. The van der Waals surface area contributed by atoms with Crippen LogP contribution in [0.4, 0.5) is 5.69 Å². The van der Waals surface area contributed by atoms with Gasteiger partial charge >= 0.3 is 0 Å². The average molecular weight is 318 g/mol. The number of carbonyl (C=O) groups excluding carboxylic acids is 1. The molecule has 0 spiro atoms. The molecule has 3 heterocycles. The number of hydrogen-bond donors (Lipinski definition) is 2. The van der Waals surface area contributed by atoms with E-state index in [9.17, 15) is 9.59 Å². The highest BCUT2D eigenvalue weighted by Gasteiger charge is 2.45. The third kappa shape index (κ3) is 1.68. The standard InChI is InChI=1S/C20H18N2O2/c1-9-3-4-15-12(5-9)20(24)14-8-18-13(7-17(14)21-15)19(23)11-6-16(22-18)10(11)2/h3-5,7-8,10-11,16,22H,6H2,1-2H3,(H,21,24). The lowest BCUT2D eigenvalue weighted by Gasteiger charge is -2.39. The van der Waals surface area contributed by atoms with Crippen LogP contribution in [0.5, 0.6) is 0 Å². The number of aryl methyl sites for hydroxylation is 1. The van der Waals surface area contributed by atoms with Gasteiger partial charge in [0.25, 0.3) is 0 Å². The van der Waals surface area contributed by atoms with Crippen LogP contribution in [0.15, 0.2) is 35.1 Å². The first-order chi connectivity index (χ1) is 11.5. The summed E-state index contributed by atoms with van der Waals surface area (Å²) in [6.45, 7) is 4.10. The van der Waals surface area contributed by atoms with Crippen molar-refractivity contribution in [1.29, 1.82) is 0 Å². The van der Waals surface area contributed by atoms with Gasteiger partial charge in [0, 0.05) is 39.5 Å². The number of benzene rings is 2. The number of aromatic amines is 1. The summed E-state index contributed by atoms with van der Waals surface area (Å²) in [5.41, 5.74) is 4.14. The van der Waals surface area contributed by atoms with Gasteiger partial charge in [-0.25, -0.2) is 0 Å². The second-order valence-electron chi connectivity index (χ2n) is 7.26. The molecule has 2 bridgehead atoms. The fourth-order valence-electron chi connectivity index (χ4n) is 4.18. The number of Topliss-reactive ketones (excluding diaryl/α,β-unsaturated/α-hetero) is 1. The van der Waals surface area contributed by atoms with E-state index in [4.69, 9.17) is 0 Å². The van der Waals surface area contributed by atoms with Gasteiger partial charge in [0.15, 0.2) is 11.2 Å². The van der Waals surface area contributed by atoms with Crippen molar-refractivity contribution >= 4 is 33.3 Å². The highest BCUT2D eigenvalue weighted by molar-refractivity contribution is 6.08. The van der Waals surface area contributed by atoms with Crippen molar-refractivity contribution in [1.82, 2.24) is 4.98 Å². The zero-order chi connectivity index (χ0) is 16.6. The number of H-pyrrole nitrogens is 1. The number of carbonyl (C=O) groups is 1. The number of pyridine rings is 1. The Morgan fingerprint density at radius 2 is 1.83 bits per heavy atom. The number of fused-ring (bicyclic) bond motifs is 2. The van der Waals surface area contributed by atoms with E-state index < -0.39 is 0 Å². The first-order valence-corrected chi connectivity index (χ1v) is 8.44. The van der Waals surface area contributed by atoms with Crippen LogP contribution in [0, 0.1) is 18.8 Å². The smallest absolute Gasteiger partial charge is 0.197 e. The van der Waals surface area contributed by atoms with E-state index in [2.05, 4.69) is 17.2 Å². The molecule has 3 aliphatic rings. The van der Waals surface area contributed by atoms with E-state index in [0.29, 0.717) is 28.3 Å². The van der Waals surface area contributed by atoms with Gasteiger partial charge in [0.05, 0.1) is 5.52 Å². The van der Waals surface area contributed by atoms with Gasteiger partial charge in [-0.3, -0.25) is 9.59 Å². The quantitative estimate of drug-likeness (QED) is 0.622. The van der Waals surface area contributed by atoms with E-state index >= 15 is 0 Å². The van der Waals surface area contributed by atoms with Gasteiger partial charge in [-0.2, -0.15) is 0 Å². The molecule has 6 rings (SSSR count). The van der Waals surface area contributed by atoms with Crippen LogP contribution in [0.2, 0.25) is 0 Å². The Kier molecular flexibility index (Phi) is 2.57. The molecule has 4 nitrogen and oxygen atoms in total. The highest BCUT2D eigenvalue weighted by Crippen LogP contribution is 2.44. The largest absolute Gasteiger partial charge is 0.381 e. The maximum Gasteiger partial charge on any atom is 0.197 e. The zero-order valence-electron chi connectivity index (χ0n) is 13.6. The van der Waals surface area contributed by atoms with E-state index in [1.807, 2.05) is 37.3 Å². The molecular weight excluding hydrogens is 300 g/mol. The van der Waals surface area contributed by atoms with Gasteiger partial charge in [0.2, 0.25) is 0 Å². The number of nitrogens with one attached hydrogen (secondary N) is 2. The Balaban J connectivity index is 1.83. The molecule has 24 heavy (non-hydrogen) atoms. The minimum atomic E-state index is 0.0177. The Labute approximate surface area is 138 Å². The Morgan fingerprint density at radius 1 is 1.04 bits per heavy atom. The monoisotopic (exact) mass is 318 g/mol. The Morgan fingerprint density at radius 3 is 2.62 bits per heavy atom. The molecule has 4 heteroatoms. The minimum Gasteiger partial charge on any atom is -0.381 e. The van der Waals surface area contributed by atoms with Crippen LogP contribution < -0.4 is 10.7 Å². The minimum absolute atomic E-state index is 0.0177. The number of anilines is 1. The normalized spacial score (nSPS) is 25.1. The van der Waals surface area contributed by atoms with Crippen molar-refractivity contribution in [3.05, 3.63) is 51.7 Å². The van der Waals surface area contributed by atoms with Crippen LogP contribution in [-0.4, -0.2) is 16.8 Å². The predicted octanol–water partition coefficient (Wildman–Crippen LogP) is 3.62. The SMILES string of the molecule is Cc1ccc2[nH]c3cc4c(cc3c(=O)c2c1)NC1CC(C4=O)C1C. The summed E-state index contributed by atoms with van der Waals surface area (Å²) in [5.74, 6) is 0.659. The molecule has 0 radical (unpaired) electrons. The van der Waals surface area contributed by atoms with Crippen molar-refractivity contribution in [2.75, 3.05) is 5.32 Å². The molecule has 2 N–H and O–H groups in total. The van der Waals surface area contributed by atoms with E-state index in [-0.39, 0.29) is 17.1 Å². The molecule has 1 fully saturated rings. The lowest BCUT2D eigenvalue weighted by atomic mass is 9.68. The molecule has 0 amide bonds. The number of aromatic nitrogens is 1. The molecule has 1 aliphatic carbocycles. The van der Waals surface area contributed by atoms with Gasteiger partial charge in [-0.1, -0.05) is 18.6 Å². The Bertz CT molecular complexity index is 1100. The molecule has 3 atom stereocenters. The lowest BCUT2D eigenvalue weighted by molar-refractivity contribution is 0.0748. The number of rotatable bonds is 0. The molecule has 3 aromatic rings. The fraction of sp³-hybridized carbons (Fsp3) is 0.300. The number of hydrogen-bond acceptors (Lipinski definition) is 3. The molecular formula is C20H18N2O2. The molecule has 2 aliphatic heterocycles. The summed E-state index contributed by atoms with van der Waals surface area (Å²) in [7, 11) is 0. The van der Waals surface area contributed by atoms with Gasteiger partial charge in [0.1, 0.15) is 0 Å². The fourth-order valence-corrected chi connectivity index (χ4v) is 4.18. The third-order valence-corrected chi connectivity index (χ3v) is 5.81. The van der Waals surface area contributed by atoms with E-state index in [1.54, 1.807) is 0 Å². The molecule has 120 valence electrons. The van der Waals surface area contributed by atoms with E-state index in [0.717, 1.165) is 28.7 Å². The van der Waals surface area contributed by atoms with Gasteiger partial charge in [-0.05, 0) is 43.5 Å². The van der Waals surface area contributed by atoms with Crippen LogP contribution in [-0.2, 0) is 0 Å². The summed E-state index contributed by atoms with van der Waals surface area (Å²) in [4.78, 5) is 29.0. The second kappa shape index (κ2) is 4.47. The molecule has 0 saturated heterocycles. The van der Waals surface area contributed by atoms with Crippen LogP contribution in [0.3, 0.4) is 0 Å². The third-order valence-electron chi connectivity index (χ3n) is 5.81. The van der Waals surface area contributed by atoms with Gasteiger partial charge < -0.3 is 10.3 Å². The van der Waals surface area contributed by atoms with Crippen molar-refractivity contribution in [2.24, 2.45) is 11.8 Å². The summed E-state index contributed by atoms with van der Waals surface area (Å²) in [5, 5.41) is 4.81. The van der Waals surface area contributed by atoms with Crippen molar-refractivity contribution in [3.63, 3.8) is 0 Å². The zero-order valence-corrected chi connectivity index (χ0v) is 13.6. The van der Waals surface area contributed by atoms with Crippen molar-refractivity contribution in [3.8, 4) is 0 Å². The molecule has 1 saturated carbocycles. The molecule has 3 unspecified atom stereocenters. The first kappa shape index (κ1) is 13.8. The summed E-state index contributed by atoms with van der Waals surface area (Å²) >= 11 is 0. The summed E-state index contributed by atoms with van der Waals surface area (Å²) in [6.07, 6.45) is 0.889. The summed E-state index contributed by atoms with van der Waals surface area (Å²) in [6, 6.07) is 9.87. The average Bonchev–Trinajstić information content (AvgIpc) is 2.77. The predicted molar refractivity (Wildman–Crippen MR) is 95.8 cm³/mol. The van der Waals surface area contributed by atoms with Gasteiger partial charge in [-0.15, -0.1) is 0 Å². The maximum absolute atomic E-state index is 12.9. The van der Waals surface area contributed by atoms with Crippen LogP contribution in [0.1, 0.15) is 29.3 Å². The topological polar surface area (TPSA) is 62.0 Å². The van der Waals surface area contributed by atoms with Crippen molar-refractivity contribution < 1.29 is 4.79 Å². The van der Waals surface area contributed by atoms with E-state index in [1.165, 1.54) is 0 Å². The van der Waals surface area contributed by atoms with Crippen LogP contribution in [0.25, 0.3) is 21.8 Å². The number of ketones is 1. The maximum atomic E-state index is 12.9. The highest BCUT2D eigenvalue weighted by atomic mass is 16.1. The molecule has 1 aromatic heterocycles.